The first-order valence-electron chi connectivity index (χ1n) is 6.25. The number of hydrogen-bond acceptors (Lipinski definition) is 4. The van der Waals surface area contributed by atoms with Crippen molar-refractivity contribution in [3.8, 4) is 17.6 Å². The minimum atomic E-state index is 0.233. The first-order valence-corrected chi connectivity index (χ1v) is 6.25. The van der Waals surface area contributed by atoms with E-state index in [1.54, 1.807) is 31.4 Å². The Morgan fingerprint density at radius 3 is 2.80 bits per heavy atom. The maximum absolute atomic E-state index is 9.83. The zero-order valence-corrected chi connectivity index (χ0v) is 11.5. The number of rotatable bonds is 4. The third-order valence-electron chi connectivity index (χ3n) is 3.06. The van der Waals surface area contributed by atoms with Crippen LogP contribution in [0.3, 0.4) is 0 Å². The molecule has 4 heteroatoms. The predicted octanol–water partition coefficient (Wildman–Crippen LogP) is 3.19. The van der Waals surface area contributed by atoms with Crippen LogP contribution in [0.5, 0.6) is 11.5 Å². The van der Waals surface area contributed by atoms with Crippen LogP contribution in [0.25, 0.3) is 0 Å². The van der Waals surface area contributed by atoms with Crippen LogP contribution in [0.15, 0.2) is 36.4 Å². The van der Waals surface area contributed by atoms with E-state index in [9.17, 15) is 5.11 Å². The van der Waals surface area contributed by atoms with Crippen LogP contribution in [0.1, 0.15) is 16.7 Å². The van der Waals surface area contributed by atoms with Crippen molar-refractivity contribution >= 4 is 5.69 Å². The fourth-order valence-electron chi connectivity index (χ4n) is 2.02. The van der Waals surface area contributed by atoms with E-state index in [0.29, 0.717) is 23.5 Å². The SMILES string of the molecule is COc1cccc(C#N)c1NCc1cc(C)ccc1O. The highest BCUT2D eigenvalue weighted by atomic mass is 16.5. The standard InChI is InChI=1S/C16H16N2O2/c1-11-6-7-14(19)13(8-11)10-18-16-12(9-17)4-3-5-15(16)20-2/h3-8,18-19H,10H2,1-2H3. The van der Waals surface area contributed by atoms with Crippen LogP contribution in [0, 0.1) is 18.3 Å². The van der Waals surface area contributed by atoms with Crippen molar-refractivity contribution in [3.63, 3.8) is 0 Å². The third kappa shape index (κ3) is 2.83. The van der Waals surface area contributed by atoms with Gasteiger partial charge < -0.3 is 15.2 Å². The normalized spacial score (nSPS) is 9.85. The Bertz CT molecular complexity index is 660. The molecule has 0 spiro atoms. The van der Waals surface area contributed by atoms with Gasteiger partial charge in [-0.3, -0.25) is 0 Å². The Hall–Kier alpha value is -2.67. The highest BCUT2D eigenvalue weighted by molar-refractivity contribution is 5.66. The molecule has 0 aliphatic heterocycles. The molecule has 0 bridgehead atoms. The number of nitrogens with one attached hydrogen (secondary N) is 1. The zero-order chi connectivity index (χ0) is 14.5. The summed E-state index contributed by atoms with van der Waals surface area (Å²) in [5.41, 5.74) is 3.00. The number of para-hydroxylation sites is 1. The second-order valence-electron chi connectivity index (χ2n) is 4.48. The molecule has 2 rings (SSSR count). The summed E-state index contributed by atoms with van der Waals surface area (Å²) >= 11 is 0. The number of phenolic OH excluding ortho intramolecular Hbond substituents is 1. The van der Waals surface area contributed by atoms with Gasteiger partial charge in [0.1, 0.15) is 17.6 Å². The smallest absolute Gasteiger partial charge is 0.143 e. The minimum Gasteiger partial charge on any atom is -0.508 e. The summed E-state index contributed by atoms with van der Waals surface area (Å²) in [7, 11) is 1.56. The number of hydrogen-bond donors (Lipinski definition) is 2. The van der Waals surface area contributed by atoms with E-state index in [0.717, 1.165) is 11.1 Å². The highest BCUT2D eigenvalue weighted by Crippen LogP contribution is 2.29. The van der Waals surface area contributed by atoms with Crippen molar-refractivity contribution in [2.45, 2.75) is 13.5 Å². The molecule has 0 heterocycles. The highest BCUT2D eigenvalue weighted by Gasteiger charge is 2.09. The molecule has 0 saturated heterocycles. The molecule has 0 aliphatic carbocycles. The number of nitriles is 1. The number of nitrogens with zero attached hydrogens (tertiary/aromatic N) is 1. The molecule has 0 amide bonds. The van der Waals surface area contributed by atoms with Gasteiger partial charge in [0.2, 0.25) is 0 Å². The second-order valence-corrected chi connectivity index (χ2v) is 4.48. The Labute approximate surface area is 118 Å². The molecule has 0 atom stereocenters. The van der Waals surface area contributed by atoms with Crippen molar-refractivity contribution in [3.05, 3.63) is 53.1 Å². The lowest BCUT2D eigenvalue weighted by molar-refractivity contribution is 0.416. The topological polar surface area (TPSA) is 65.3 Å². The fraction of sp³-hybridized carbons (Fsp3) is 0.188. The van der Waals surface area contributed by atoms with Gasteiger partial charge in [-0.25, -0.2) is 0 Å². The maximum atomic E-state index is 9.83. The molecule has 2 aromatic carbocycles. The van der Waals surface area contributed by atoms with Crippen LogP contribution >= 0.6 is 0 Å². The Kier molecular flexibility index (Phi) is 4.11. The third-order valence-corrected chi connectivity index (χ3v) is 3.06. The summed E-state index contributed by atoms with van der Waals surface area (Å²) in [6.07, 6.45) is 0. The Morgan fingerprint density at radius 2 is 2.10 bits per heavy atom. The fourth-order valence-corrected chi connectivity index (χ4v) is 2.02. The molecule has 4 nitrogen and oxygen atoms in total. The number of ether oxygens (including phenoxy) is 1. The number of aromatic hydroxyl groups is 1. The minimum absolute atomic E-state index is 0.233. The zero-order valence-electron chi connectivity index (χ0n) is 11.5. The average molecular weight is 268 g/mol. The average Bonchev–Trinajstić information content (AvgIpc) is 2.47. The lowest BCUT2D eigenvalue weighted by Gasteiger charge is -2.13. The number of phenols is 1. The maximum Gasteiger partial charge on any atom is 0.143 e. The molecule has 2 N–H and O–H groups in total. The van der Waals surface area contributed by atoms with E-state index in [2.05, 4.69) is 11.4 Å². The molecule has 102 valence electrons. The molecule has 0 aromatic heterocycles. The van der Waals surface area contributed by atoms with Crippen molar-refractivity contribution in [2.75, 3.05) is 12.4 Å². The van der Waals surface area contributed by atoms with Crippen LogP contribution < -0.4 is 10.1 Å². The van der Waals surface area contributed by atoms with Gasteiger partial charge in [0.15, 0.2) is 0 Å². The summed E-state index contributed by atoms with van der Waals surface area (Å²) < 4.78 is 5.25. The number of methoxy groups -OCH3 is 1. The molecular weight excluding hydrogens is 252 g/mol. The van der Waals surface area contributed by atoms with E-state index in [-0.39, 0.29) is 5.75 Å². The van der Waals surface area contributed by atoms with Crippen molar-refractivity contribution in [1.82, 2.24) is 0 Å². The van der Waals surface area contributed by atoms with Crippen molar-refractivity contribution < 1.29 is 9.84 Å². The summed E-state index contributed by atoms with van der Waals surface area (Å²) in [6.45, 7) is 2.38. The summed E-state index contributed by atoms with van der Waals surface area (Å²) in [4.78, 5) is 0. The number of benzene rings is 2. The number of aryl methyl sites for hydroxylation is 1. The van der Waals surface area contributed by atoms with Crippen LogP contribution in [0.2, 0.25) is 0 Å². The molecule has 20 heavy (non-hydrogen) atoms. The quantitative estimate of drug-likeness (QED) is 0.893. The van der Waals surface area contributed by atoms with E-state index < -0.39 is 0 Å². The molecule has 0 fully saturated rings. The molecule has 0 radical (unpaired) electrons. The van der Waals surface area contributed by atoms with Gasteiger partial charge in [-0.2, -0.15) is 5.26 Å². The van der Waals surface area contributed by atoms with Crippen LogP contribution in [-0.4, -0.2) is 12.2 Å². The van der Waals surface area contributed by atoms with Crippen molar-refractivity contribution in [2.24, 2.45) is 0 Å². The predicted molar refractivity (Wildman–Crippen MR) is 77.9 cm³/mol. The molecule has 0 saturated carbocycles. The van der Waals surface area contributed by atoms with Gasteiger partial charge in [0.25, 0.3) is 0 Å². The number of anilines is 1. The largest absolute Gasteiger partial charge is 0.508 e. The first kappa shape index (κ1) is 13.8. The van der Waals surface area contributed by atoms with Gasteiger partial charge in [-0.1, -0.05) is 23.8 Å². The van der Waals surface area contributed by atoms with E-state index in [1.807, 2.05) is 19.1 Å². The molecule has 0 unspecified atom stereocenters. The van der Waals surface area contributed by atoms with E-state index >= 15 is 0 Å². The van der Waals surface area contributed by atoms with Gasteiger partial charge in [-0.05, 0) is 25.1 Å². The molecule has 2 aromatic rings. The molecular formula is C16H16N2O2. The van der Waals surface area contributed by atoms with Gasteiger partial charge >= 0.3 is 0 Å². The molecule has 0 aliphatic rings. The van der Waals surface area contributed by atoms with E-state index in [1.165, 1.54) is 0 Å². The summed E-state index contributed by atoms with van der Waals surface area (Å²) in [5.74, 6) is 0.840. The van der Waals surface area contributed by atoms with E-state index in [4.69, 9.17) is 10.00 Å². The van der Waals surface area contributed by atoms with Gasteiger partial charge in [-0.15, -0.1) is 0 Å². The Balaban J connectivity index is 2.27. The second kappa shape index (κ2) is 5.98. The van der Waals surface area contributed by atoms with Crippen molar-refractivity contribution in [1.29, 1.82) is 5.26 Å². The van der Waals surface area contributed by atoms with Gasteiger partial charge in [0.05, 0.1) is 18.4 Å². The first-order chi connectivity index (χ1) is 9.65. The van der Waals surface area contributed by atoms with Crippen LogP contribution in [0.4, 0.5) is 5.69 Å². The summed E-state index contributed by atoms with van der Waals surface area (Å²) in [6, 6.07) is 12.8. The summed E-state index contributed by atoms with van der Waals surface area (Å²) in [5, 5.41) is 22.1. The lowest BCUT2D eigenvalue weighted by Crippen LogP contribution is -2.04. The van der Waals surface area contributed by atoms with Gasteiger partial charge in [0, 0.05) is 12.1 Å². The monoisotopic (exact) mass is 268 g/mol. The Morgan fingerprint density at radius 1 is 1.30 bits per heavy atom. The lowest BCUT2D eigenvalue weighted by atomic mass is 10.1. The van der Waals surface area contributed by atoms with Crippen LogP contribution in [-0.2, 0) is 6.54 Å².